The van der Waals surface area contributed by atoms with Gasteiger partial charge in [0.25, 0.3) is 5.08 Å². The van der Waals surface area contributed by atoms with E-state index in [9.17, 15) is 32.0 Å². The zero-order valence-electron chi connectivity index (χ0n) is 27.1. The van der Waals surface area contributed by atoms with Crippen LogP contribution in [0.15, 0.2) is 30.3 Å². The first-order valence-electron chi connectivity index (χ1n) is 13.3. The van der Waals surface area contributed by atoms with E-state index in [0.717, 1.165) is 0 Å². The zero-order valence-corrected chi connectivity index (χ0v) is 33.4. The average molecular weight is 906 g/mol. The lowest BCUT2D eigenvalue weighted by Gasteiger charge is -2.24. The van der Waals surface area contributed by atoms with Crippen molar-refractivity contribution in [3.8, 4) is 5.75 Å². The molecule has 52 heavy (non-hydrogen) atoms. The standard InChI is InChI=1S/C8H11O5P.C5H14NO4P.C3H12NO9P3.C2H8O7P2/c9-14(10,11)13-7-6-12-8-4-2-1-3-5-8;1-2-6(3-4-7)5-11(8,9)10;5-14(6,7)1-4(2-15(8,9)10)3-16(11,12)13;1-2(3,10(4,5)6)11(7,8)9/h1-5H,6-7H2,(H2,9,10,11);7H,2-5H2,1H3,(H2,8,9,10);1-3H2,(H2,5,6,7)(H2,8,9,10)(H2,11,12,13);3H,1H3,(H2,4,5,6)(H2,7,8,9). The Morgan fingerprint density at radius 2 is 0.942 bits per heavy atom. The maximum atomic E-state index is 10.6. The summed E-state index contributed by atoms with van der Waals surface area (Å²) in [5.41, 5.74) is 0. The molecular formula is C18H45N2O25P7. The van der Waals surface area contributed by atoms with Gasteiger partial charge in [0.1, 0.15) is 37.5 Å². The third-order valence-electron chi connectivity index (χ3n) is 4.86. The summed E-state index contributed by atoms with van der Waals surface area (Å²) >= 11 is 0. The molecule has 0 aliphatic rings. The van der Waals surface area contributed by atoms with E-state index in [1.54, 1.807) is 31.2 Å². The fourth-order valence-electron chi connectivity index (χ4n) is 2.65. The van der Waals surface area contributed by atoms with Crippen LogP contribution >= 0.6 is 53.4 Å². The van der Waals surface area contributed by atoms with E-state index in [1.165, 1.54) is 4.90 Å². The van der Waals surface area contributed by atoms with Gasteiger partial charge < -0.3 is 83.5 Å². The Labute approximate surface area is 296 Å². The second-order valence-electron chi connectivity index (χ2n) is 9.87. The van der Waals surface area contributed by atoms with Crippen LogP contribution in [0.1, 0.15) is 13.8 Å². The fourth-order valence-corrected chi connectivity index (χ4v) is 7.82. The maximum absolute atomic E-state index is 10.6. The fraction of sp³-hybridized carbons (Fsp3) is 0.667. The zero-order chi connectivity index (χ0) is 42.0. The molecule has 0 aromatic heterocycles. The minimum absolute atomic E-state index is 0.0756. The molecule has 0 aliphatic heterocycles. The van der Waals surface area contributed by atoms with Gasteiger partial charge >= 0.3 is 53.4 Å². The number of phosphoric acid groups is 1. The number of aliphatic hydroxyl groups excluding tert-OH is 1. The number of likely N-dealkylation sites (N-methyl/N-ethyl adjacent to an activating group) is 1. The molecule has 1 rings (SSSR count). The van der Waals surface area contributed by atoms with Crippen molar-refractivity contribution in [3.05, 3.63) is 30.3 Å². The molecule has 0 radical (unpaired) electrons. The first-order valence-corrected chi connectivity index (χ1v) is 25.3. The maximum Gasteiger partial charge on any atom is 0.469 e. The van der Waals surface area contributed by atoms with E-state index in [0.29, 0.717) is 30.7 Å². The van der Waals surface area contributed by atoms with Crippen LogP contribution in [0.25, 0.3) is 0 Å². The number of aliphatic hydroxyl groups is 2. The highest BCUT2D eigenvalue weighted by Crippen LogP contribution is 2.67. The lowest BCUT2D eigenvalue weighted by Crippen LogP contribution is -2.27. The van der Waals surface area contributed by atoms with E-state index in [4.69, 9.17) is 83.5 Å². The van der Waals surface area contributed by atoms with Crippen molar-refractivity contribution in [3.63, 3.8) is 0 Å². The third-order valence-corrected chi connectivity index (χ3v) is 12.2. The van der Waals surface area contributed by atoms with Crippen molar-refractivity contribution in [2.45, 2.75) is 18.9 Å². The molecule has 0 amide bonds. The minimum Gasteiger partial charge on any atom is -0.491 e. The Balaban J connectivity index is -0.000000624. The molecule has 27 nitrogen and oxygen atoms in total. The number of hydrogen-bond acceptors (Lipinski definition) is 13. The first-order chi connectivity index (χ1) is 22.9. The smallest absolute Gasteiger partial charge is 0.469 e. The van der Waals surface area contributed by atoms with Gasteiger partial charge in [0, 0.05) is 6.54 Å². The molecule has 0 saturated carbocycles. The van der Waals surface area contributed by atoms with Gasteiger partial charge in [0.2, 0.25) is 0 Å². The number of para-hydroxylation sites is 1. The normalized spacial score (nSPS) is 13.3. The van der Waals surface area contributed by atoms with Gasteiger partial charge in [-0.25, -0.2) is 4.57 Å². The minimum atomic E-state index is -5.20. The topological polar surface area (TPSA) is 468 Å². The van der Waals surface area contributed by atoms with Gasteiger partial charge in [0.05, 0.1) is 13.2 Å². The molecule has 312 valence electrons. The number of phosphoric ester groups is 1. The quantitative estimate of drug-likeness (QED) is 0.0577. The summed E-state index contributed by atoms with van der Waals surface area (Å²) in [6.45, 7) is 2.90. The summed E-state index contributed by atoms with van der Waals surface area (Å²) in [6, 6.07) is 8.95. The largest absolute Gasteiger partial charge is 0.491 e. The van der Waals surface area contributed by atoms with Gasteiger partial charge in [0.15, 0.2) is 0 Å². The molecule has 0 aliphatic carbocycles. The van der Waals surface area contributed by atoms with Gasteiger partial charge in [-0.05, 0) is 25.6 Å². The number of hydrogen-bond donors (Lipinski definition) is 16. The molecule has 0 heterocycles. The lowest BCUT2D eigenvalue weighted by atomic mass is 10.3. The van der Waals surface area contributed by atoms with Gasteiger partial charge in [-0.2, -0.15) is 0 Å². The Morgan fingerprint density at radius 3 is 1.19 bits per heavy atom. The predicted molar refractivity (Wildman–Crippen MR) is 178 cm³/mol. The van der Waals surface area contributed by atoms with Crippen molar-refractivity contribution in [2.75, 3.05) is 58.1 Å². The second kappa shape index (κ2) is 23.8. The molecule has 0 unspecified atom stereocenters. The second-order valence-corrected chi connectivity index (χ2v) is 21.8. The molecular weight excluding hydrogens is 861 g/mol. The number of rotatable bonds is 18. The molecule has 16 N–H and O–H groups in total. The first kappa shape index (κ1) is 56.2. The van der Waals surface area contributed by atoms with Crippen LogP contribution in [0.5, 0.6) is 5.75 Å². The Morgan fingerprint density at radius 1 is 0.596 bits per heavy atom. The van der Waals surface area contributed by atoms with E-state index in [2.05, 4.69) is 4.52 Å². The van der Waals surface area contributed by atoms with Crippen LogP contribution in [-0.4, -0.2) is 152 Å². The van der Waals surface area contributed by atoms with Gasteiger partial charge in [-0.15, -0.1) is 0 Å². The number of nitrogens with zero attached hydrogens (tertiary/aromatic N) is 2. The van der Waals surface area contributed by atoms with Crippen LogP contribution in [0, 0.1) is 0 Å². The van der Waals surface area contributed by atoms with Crippen molar-refractivity contribution in [1.82, 2.24) is 9.80 Å². The van der Waals surface area contributed by atoms with Crippen LogP contribution in [0.2, 0.25) is 0 Å². The van der Waals surface area contributed by atoms with Gasteiger partial charge in [-0.3, -0.25) is 41.7 Å². The van der Waals surface area contributed by atoms with Gasteiger partial charge in [-0.1, -0.05) is 25.1 Å². The van der Waals surface area contributed by atoms with Crippen LogP contribution < -0.4 is 4.74 Å². The number of ether oxygens (including phenoxy) is 1. The summed E-state index contributed by atoms with van der Waals surface area (Å²) in [7, 11) is -32.7. The number of benzene rings is 1. The summed E-state index contributed by atoms with van der Waals surface area (Å²) in [4.78, 5) is 120. The lowest BCUT2D eigenvalue weighted by molar-refractivity contribution is 0.146. The summed E-state index contributed by atoms with van der Waals surface area (Å²) in [6.07, 6.45) is -3.68. The molecule has 34 heteroatoms. The Bertz CT molecular complexity index is 1410. The Kier molecular flexibility index (Phi) is 25.8. The summed E-state index contributed by atoms with van der Waals surface area (Å²) in [5.74, 6) is 0.641. The van der Waals surface area contributed by atoms with Crippen molar-refractivity contribution in [2.24, 2.45) is 0 Å². The SMILES string of the molecule is CC(O)(P(=O)(O)O)P(=O)(O)O.CCN(CCO)CP(=O)(O)O.O=P(O)(O)CN(CP(=O)(O)O)CP(=O)(O)O.O=P(O)(O)OCCOc1ccccc1. The molecule has 0 spiro atoms. The summed E-state index contributed by atoms with van der Waals surface area (Å²) < 4.78 is 82.2. The molecule has 1 aromatic rings. The highest BCUT2D eigenvalue weighted by atomic mass is 31.2. The molecule has 0 saturated heterocycles. The van der Waals surface area contributed by atoms with E-state index >= 15 is 0 Å². The predicted octanol–water partition coefficient (Wildman–Crippen LogP) is -1.69. The molecule has 0 bridgehead atoms. The van der Waals surface area contributed by atoms with Crippen molar-refractivity contribution >= 4 is 53.4 Å². The highest BCUT2D eigenvalue weighted by Gasteiger charge is 2.55. The van der Waals surface area contributed by atoms with Crippen LogP contribution in [0.3, 0.4) is 0 Å². The van der Waals surface area contributed by atoms with E-state index < -0.39 is 77.3 Å². The van der Waals surface area contributed by atoms with E-state index in [1.807, 2.05) is 6.07 Å². The molecule has 1 aromatic carbocycles. The monoisotopic (exact) mass is 906 g/mol. The molecule has 0 atom stereocenters. The van der Waals surface area contributed by atoms with Crippen LogP contribution in [-0.2, 0) is 36.5 Å². The highest BCUT2D eigenvalue weighted by molar-refractivity contribution is 7.71. The van der Waals surface area contributed by atoms with Crippen LogP contribution in [0.4, 0.5) is 0 Å². The Hall–Kier alpha value is -0.130. The average Bonchev–Trinajstić information content (AvgIpc) is 2.87. The van der Waals surface area contributed by atoms with E-state index in [-0.39, 0.29) is 26.1 Å². The third kappa shape index (κ3) is 34.4. The molecule has 0 fully saturated rings. The summed E-state index contributed by atoms with van der Waals surface area (Å²) in [5, 5.41) is 13.8. The van der Waals surface area contributed by atoms with Crippen molar-refractivity contribution < 1.29 is 120 Å². The van der Waals surface area contributed by atoms with Crippen molar-refractivity contribution in [1.29, 1.82) is 0 Å².